The molecule has 1 heterocycles. The first-order chi connectivity index (χ1) is 9.04. The zero-order chi connectivity index (χ0) is 14.0. The average molecular weight is 266 g/mol. The van der Waals surface area contributed by atoms with E-state index in [1.807, 2.05) is 6.08 Å². The van der Waals surface area contributed by atoms with Crippen molar-refractivity contribution in [2.75, 3.05) is 7.11 Å². The van der Waals surface area contributed by atoms with Crippen molar-refractivity contribution in [3.8, 4) is 0 Å². The van der Waals surface area contributed by atoms with E-state index in [4.69, 9.17) is 10.5 Å². The number of hydrogen-bond acceptors (Lipinski definition) is 5. The van der Waals surface area contributed by atoms with E-state index in [2.05, 4.69) is 5.10 Å². The quantitative estimate of drug-likeness (QED) is 0.655. The van der Waals surface area contributed by atoms with E-state index in [-0.39, 0.29) is 17.8 Å². The second kappa shape index (κ2) is 5.50. The van der Waals surface area contributed by atoms with Crippen molar-refractivity contribution < 1.29 is 9.66 Å². The van der Waals surface area contributed by atoms with Crippen LogP contribution in [0.25, 0.3) is 5.57 Å². The third-order valence-electron chi connectivity index (χ3n) is 3.54. The molecule has 2 N–H and O–H groups in total. The van der Waals surface area contributed by atoms with Crippen LogP contribution in [-0.2, 0) is 11.8 Å². The van der Waals surface area contributed by atoms with Crippen LogP contribution < -0.4 is 5.73 Å². The lowest BCUT2D eigenvalue weighted by Crippen LogP contribution is -2.34. The molecule has 0 bridgehead atoms. The molecule has 0 aliphatic heterocycles. The van der Waals surface area contributed by atoms with E-state index in [0.717, 1.165) is 12.0 Å². The lowest BCUT2D eigenvalue weighted by Gasteiger charge is -2.18. The van der Waals surface area contributed by atoms with Crippen LogP contribution in [0.1, 0.15) is 25.0 Å². The molecule has 1 aliphatic rings. The Morgan fingerprint density at radius 1 is 1.63 bits per heavy atom. The summed E-state index contributed by atoms with van der Waals surface area (Å²) in [5.74, 6) is 0. The highest BCUT2D eigenvalue weighted by molar-refractivity contribution is 5.70. The average Bonchev–Trinajstić information content (AvgIpc) is 2.65. The Bertz CT molecular complexity index is 509. The second-order valence-electron chi connectivity index (χ2n) is 4.70. The summed E-state index contributed by atoms with van der Waals surface area (Å²) in [5, 5.41) is 15.0. The number of aryl methyl sites for hydroxylation is 1. The first-order valence-electron chi connectivity index (χ1n) is 6.18. The first kappa shape index (κ1) is 13.7. The molecule has 1 aromatic heterocycles. The minimum absolute atomic E-state index is 0.0372. The van der Waals surface area contributed by atoms with Gasteiger partial charge in [-0.3, -0.25) is 14.8 Å². The summed E-state index contributed by atoms with van der Waals surface area (Å²) in [6, 6.07) is -0.0500. The molecule has 19 heavy (non-hydrogen) atoms. The van der Waals surface area contributed by atoms with Gasteiger partial charge in [-0.15, -0.1) is 0 Å². The molecule has 2 atom stereocenters. The maximum atomic E-state index is 11.0. The molecule has 1 aliphatic carbocycles. The molecule has 104 valence electrons. The number of methoxy groups -OCH3 is 1. The lowest BCUT2D eigenvalue weighted by atomic mass is 10.0. The zero-order valence-corrected chi connectivity index (χ0v) is 11.1. The molecule has 0 aromatic carbocycles. The van der Waals surface area contributed by atoms with Crippen molar-refractivity contribution >= 4 is 11.3 Å². The van der Waals surface area contributed by atoms with E-state index in [1.54, 1.807) is 18.8 Å². The Labute approximate surface area is 111 Å². The fraction of sp³-hybridized carbons (Fsp3) is 0.583. The predicted molar refractivity (Wildman–Crippen MR) is 70.5 cm³/mol. The molecule has 0 fully saturated rings. The van der Waals surface area contributed by atoms with Crippen molar-refractivity contribution in [2.45, 2.75) is 31.4 Å². The van der Waals surface area contributed by atoms with Crippen molar-refractivity contribution in [1.29, 1.82) is 0 Å². The molecule has 7 heteroatoms. The Balaban J connectivity index is 2.34. The summed E-state index contributed by atoms with van der Waals surface area (Å²) < 4.78 is 6.88. The SMILES string of the molecule is COC1CC=C(c2c([N+](=O)[O-])cnn2C)CCC1N. The molecule has 0 saturated heterocycles. The van der Waals surface area contributed by atoms with Crippen LogP contribution in [0.3, 0.4) is 0 Å². The van der Waals surface area contributed by atoms with Gasteiger partial charge in [-0.25, -0.2) is 0 Å². The summed E-state index contributed by atoms with van der Waals surface area (Å²) in [7, 11) is 3.34. The van der Waals surface area contributed by atoms with Crippen molar-refractivity contribution in [3.63, 3.8) is 0 Å². The minimum atomic E-state index is -0.401. The van der Waals surface area contributed by atoms with E-state index >= 15 is 0 Å². The highest BCUT2D eigenvalue weighted by atomic mass is 16.6. The van der Waals surface area contributed by atoms with Crippen molar-refractivity contribution in [2.24, 2.45) is 12.8 Å². The number of ether oxygens (including phenoxy) is 1. The van der Waals surface area contributed by atoms with Crippen molar-refractivity contribution in [1.82, 2.24) is 9.78 Å². The summed E-state index contributed by atoms with van der Waals surface area (Å²) in [6.07, 6.45) is 5.33. The monoisotopic (exact) mass is 266 g/mol. The molecule has 2 unspecified atom stereocenters. The summed E-state index contributed by atoms with van der Waals surface area (Å²) in [6.45, 7) is 0. The fourth-order valence-electron chi connectivity index (χ4n) is 2.46. The van der Waals surface area contributed by atoms with Gasteiger partial charge >= 0.3 is 5.69 Å². The summed E-state index contributed by atoms with van der Waals surface area (Å²) in [4.78, 5) is 10.6. The van der Waals surface area contributed by atoms with Gasteiger partial charge in [-0.05, 0) is 24.8 Å². The van der Waals surface area contributed by atoms with Gasteiger partial charge < -0.3 is 10.5 Å². The Morgan fingerprint density at radius 2 is 2.37 bits per heavy atom. The minimum Gasteiger partial charge on any atom is -0.380 e. The number of nitrogens with two attached hydrogens (primary N) is 1. The molecule has 0 spiro atoms. The van der Waals surface area contributed by atoms with Gasteiger partial charge in [0.15, 0.2) is 0 Å². The number of aromatic nitrogens is 2. The maximum absolute atomic E-state index is 11.0. The first-order valence-corrected chi connectivity index (χ1v) is 6.18. The largest absolute Gasteiger partial charge is 0.380 e. The van der Waals surface area contributed by atoms with Gasteiger partial charge in [0.2, 0.25) is 0 Å². The molecule has 0 amide bonds. The summed E-state index contributed by atoms with van der Waals surface area (Å²) in [5.41, 5.74) is 7.55. The van der Waals surface area contributed by atoms with Crippen LogP contribution in [0.2, 0.25) is 0 Å². The topological polar surface area (TPSA) is 96.2 Å². The zero-order valence-electron chi connectivity index (χ0n) is 11.1. The van der Waals surface area contributed by atoms with Crippen LogP contribution in [0.5, 0.6) is 0 Å². The van der Waals surface area contributed by atoms with Crippen LogP contribution in [0.15, 0.2) is 12.3 Å². The van der Waals surface area contributed by atoms with E-state index in [9.17, 15) is 10.1 Å². The van der Waals surface area contributed by atoms with E-state index in [1.165, 1.54) is 6.20 Å². The number of hydrogen-bond donors (Lipinski definition) is 1. The van der Waals surface area contributed by atoms with Crippen LogP contribution in [0.4, 0.5) is 5.69 Å². The van der Waals surface area contributed by atoms with Gasteiger partial charge in [0.1, 0.15) is 11.9 Å². The smallest absolute Gasteiger partial charge is 0.314 e. The number of nitrogens with zero attached hydrogens (tertiary/aromatic N) is 3. The van der Waals surface area contributed by atoms with Crippen LogP contribution in [0, 0.1) is 10.1 Å². The molecular formula is C12H18N4O3. The van der Waals surface area contributed by atoms with E-state index in [0.29, 0.717) is 18.5 Å². The summed E-state index contributed by atoms with van der Waals surface area (Å²) >= 11 is 0. The second-order valence-corrected chi connectivity index (χ2v) is 4.70. The molecule has 0 saturated carbocycles. The standard InChI is InChI=1S/C12H18N4O3/c1-15-12(10(7-14-15)16(17)18)8-3-5-9(13)11(19-2)6-4-8/h4,7,9,11H,3,5-6,13H2,1-2H3. The van der Waals surface area contributed by atoms with Crippen LogP contribution >= 0.6 is 0 Å². The van der Waals surface area contributed by atoms with Gasteiger partial charge in [0, 0.05) is 20.2 Å². The molecular weight excluding hydrogens is 248 g/mol. The third kappa shape index (κ3) is 2.66. The highest BCUT2D eigenvalue weighted by Crippen LogP contribution is 2.31. The predicted octanol–water partition coefficient (Wildman–Crippen LogP) is 1.24. The fourth-order valence-corrected chi connectivity index (χ4v) is 2.46. The Morgan fingerprint density at radius 3 is 3.00 bits per heavy atom. The number of nitro groups is 1. The maximum Gasteiger partial charge on any atom is 0.314 e. The third-order valence-corrected chi connectivity index (χ3v) is 3.54. The normalized spacial score (nSPS) is 23.8. The van der Waals surface area contributed by atoms with E-state index < -0.39 is 4.92 Å². The highest BCUT2D eigenvalue weighted by Gasteiger charge is 2.26. The van der Waals surface area contributed by atoms with Crippen molar-refractivity contribution in [3.05, 3.63) is 28.1 Å². The number of allylic oxidation sites excluding steroid dienone is 1. The Hall–Kier alpha value is -1.73. The molecule has 2 rings (SSSR count). The van der Waals surface area contributed by atoms with Gasteiger partial charge in [-0.2, -0.15) is 5.10 Å². The van der Waals surface area contributed by atoms with Crippen LogP contribution in [-0.4, -0.2) is 34.0 Å². The molecule has 0 radical (unpaired) electrons. The van der Waals surface area contributed by atoms with Gasteiger partial charge in [0.25, 0.3) is 0 Å². The van der Waals surface area contributed by atoms with Gasteiger partial charge in [-0.1, -0.05) is 6.08 Å². The lowest BCUT2D eigenvalue weighted by molar-refractivity contribution is -0.385. The molecule has 7 nitrogen and oxygen atoms in total. The number of rotatable bonds is 3. The molecule has 1 aromatic rings. The van der Waals surface area contributed by atoms with Gasteiger partial charge in [0.05, 0.1) is 11.0 Å². The Kier molecular flexibility index (Phi) is 3.96.